The molecule has 0 aromatic heterocycles. The predicted octanol–water partition coefficient (Wildman–Crippen LogP) is 5.46. The normalized spacial score (nSPS) is 17.1. The molecule has 2 heterocycles. The Balaban J connectivity index is 1.03. The first-order valence-corrected chi connectivity index (χ1v) is 19.2. The topological polar surface area (TPSA) is 83.6 Å². The molecule has 0 aliphatic carbocycles. The van der Waals surface area contributed by atoms with Crippen LogP contribution >= 0.6 is 11.8 Å². The van der Waals surface area contributed by atoms with E-state index in [4.69, 9.17) is 37.9 Å². The Hall–Kier alpha value is -2.02. The molecule has 53 heavy (non-hydrogen) atoms. The second-order valence-corrected chi connectivity index (χ2v) is 14.2. The molecule has 1 saturated heterocycles. The number of alkyl halides is 3. The highest BCUT2D eigenvalue weighted by Crippen LogP contribution is 2.49. The van der Waals surface area contributed by atoms with E-state index in [0.29, 0.717) is 71.7 Å². The molecular weight excluding hydrogens is 715 g/mol. The summed E-state index contributed by atoms with van der Waals surface area (Å²) >= 11 is 1.53. The van der Waals surface area contributed by atoms with Crippen molar-refractivity contribution >= 4 is 23.1 Å². The lowest BCUT2D eigenvalue weighted by Crippen LogP contribution is -2.47. The van der Waals surface area contributed by atoms with Crippen molar-refractivity contribution in [3.8, 4) is 0 Å². The van der Waals surface area contributed by atoms with Crippen molar-refractivity contribution in [1.29, 1.82) is 0 Å². The Morgan fingerprint density at radius 1 is 0.604 bits per heavy atom. The lowest BCUT2D eigenvalue weighted by molar-refractivity contribution is -0.137. The Bertz CT molecular complexity index is 1310. The molecule has 3 unspecified atom stereocenters. The highest BCUT2D eigenvalue weighted by atomic mass is 32.2. The number of nitrogens with zero attached hydrogens (tertiary/aromatic N) is 3. The lowest BCUT2D eigenvalue weighted by Gasteiger charge is -2.36. The van der Waals surface area contributed by atoms with Gasteiger partial charge in [-0.15, -0.1) is 0 Å². The first kappa shape index (κ1) is 43.7. The number of methoxy groups -OCH3 is 4. The molecule has 2 aliphatic rings. The molecule has 0 bridgehead atoms. The van der Waals surface area contributed by atoms with E-state index in [1.165, 1.54) is 23.9 Å². The maximum absolute atomic E-state index is 13.6. The van der Waals surface area contributed by atoms with Crippen molar-refractivity contribution in [2.75, 3.05) is 139 Å². The van der Waals surface area contributed by atoms with Crippen LogP contribution in [0.4, 0.5) is 24.5 Å². The SMILES string of the molecule is COCC(COCC(COCC(COCCCOCCN1CCN(CCCN2c3ccccc3Sc3ccc(C(F)(F)F)cc32)CC1)OC)OC)OC. The molecular formula is C38H58F3N3O8S. The van der Waals surface area contributed by atoms with Crippen molar-refractivity contribution in [3.63, 3.8) is 0 Å². The third kappa shape index (κ3) is 14.9. The van der Waals surface area contributed by atoms with Crippen LogP contribution in [0.1, 0.15) is 18.4 Å². The number of anilines is 2. The van der Waals surface area contributed by atoms with Gasteiger partial charge in [0.2, 0.25) is 0 Å². The van der Waals surface area contributed by atoms with Gasteiger partial charge in [0, 0.05) is 90.7 Å². The number of halogens is 3. The maximum atomic E-state index is 13.6. The summed E-state index contributed by atoms with van der Waals surface area (Å²) in [5.74, 6) is 0. The Morgan fingerprint density at radius 2 is 1.17 bits per heavy atom. The summed E-state index contributed by atoms with van der Waals surface area (Å²) in [6.45, 7) is 10.6. The van der Waals surface area contributed by atoms with Gasteiger partial charge in [-0.25, -0.2) is 0 Å². The first-order valence-electron chi connectivity index (χ1n) is 18.3. The van der Waals surface area contributed by atoms with Crippen LogP contribution in [0, 0.1) is 0 Å². The number of fused-ring (bicyclic) bond motifs is 2. The van der Waals surface area contributed by atoms with Crippen molar-refractivity contribution in [3.05, 3.63) is 48.0 Å². The molecule has 0 saturated carbocycles. The van der Waals surface area contributed by atoms with Crippen molar-refractivity contribution in [2.45, 2.75) is 47.1 Å². The van der Waals surface area contributed by atoms with Gasteiger partial charge in [-0.3, -0.25) is 4.90 Å². The van der Waals surface area contributed by atoms with E-state index in [1.54, 1.807) is 34.5 Å². The fourth-order valence-corrected chi connectivity index (χ4v) is 7.19. The van der Waals surface area contributed by atoms with E-state index in [9.17, 15) is 13.2 Å². The maximum Gasteiger partial charge on any atom is 0.416 e. The number of ether oxygens (including phenoxy) is 8. The summed E-state index contributed by atoms with van der Waals surface area (Å²) in [4.78, 5) is 8.84. The molecule has 15 heteroatoms. The Morgan fingerprint density at radius 3 is 1.79 bits per heavy atom. The second kappa shape index (κ2) is 23.8. The molecule has 0 amide bonds. The summed E-state index contributed by atoms with van der Waals surface area (Å²) in [6, 6.07) is 12.0. The van der Waals surface area contributed by atoms with Gasteiger partial charge in [0.05, 0.1) is 63.2 Å². The second-order valence-electron chi connectivity index (χ2n) is 13.1. The van der Waals surface area contributed by atoms with E-state index >= 15 is 0 Å². The standard InChI is InChI=1S/C38H58F3N3O8S/c1-45-24-31(46-2)26-51-28-33(48-4)29-52-27-32(47-3)25-50-21-8-20-49-22-19-43-17-15-42(16-18-43)13-7-14-44-34-9-5-6-10-36(34)53-37-12-11-30(23-35(37)44)38(39,40)41/h5-6,9-12,23,31-33H,7-8,13-22,24-29H2,1-4H3. The number of rotatable bonds is 26. The number of hydrogen-bond donors (Lipinski definition) is 0. The Labute approximate surface area is 317 Å². The van der Waals surface area contributed by atoms with Crippen LogP contribution in [0.3, 0.4) is 0 Å². The van der Waals surface area contributed by atoms with Crippen LogP contribution in [0.2, 0.25) is 0 Å². The van der Waals surface area contributed by atoms with E-state index in [0.717, 1.165) is 67.6 Å². The minimum Gasteiger partial charge on any atom is -0.382 e. The summed E-state index contributed by atoms with van der Waals surface area (Å²) in [5, 5.41) is 0. The molecule has 0 spiro atoms. The fraction of sp³-hybridized carbons (Fsp3) is 0.684. The van der Waals surface area contributed by atoms with Crippen molar-refractivity contribution in [1.82, 2.24) is 9.80 Å². The minimum absolute atomic E-state index is 0.124. The lowest BCUT2D eigenvalue weighted by atomic mass is 10.1. The number of benzene rings is 2. The molecule has 0 N–H and O–H groups in total. The molecule has 3 atom stereocenters. The average molecular weight is 774 g/mol. The minimum atomic E-state index is -4.38. The van der Waals surface area contributed by atoms with Gasteiger partial charge in [0.25, 0.3) is 0 Å². The van der Waals surface area contributed by atoms with Crippen LogP contribution in [0.15, 0.2) is 52.3 Å². The van der Waals surface area contributed by atoms with Gasteiger partial charge >= 0.3 is 6.18 Å². The zero-order valence-electron chi connectivity index (χ0n) is 31.7. The van der Waals surface area contributed by atoms with Crippen LogP contribution in [-0.2, 0) is 44.1 Å². The van der Waals surface area contributed by atoms with Gasteiger partial charge < -0.3 is 47.7 Å². The van der Waals surface area contributed by atoms with E-state index < -0.39 is 11.7 Å². The number of piperazine rings is 1. The third-order valence-corrected chi connectivity index (χ3v) is 10.4. The summed E-state index contributed by atoms with van der Waals surface area (Å²) < 4.78 is 85.2. The smallest absolute Gasteiger partial charge is 0.382 e. The zero-order chi connectivity index (χ0) is 37.9. The molecule has 4 rings (SSSR count). The van der Waals surface area contributed by atoms with Crippen LogP contribution in [0.5, 0.6) is 0 Å². The summed E-state index contributed by atoms with van der Waals surface area (Å²) in [6.07, 6.45) is -3.24. The third-order valence-electron chi connectivity index (χ3n) is 9.27. The van der Waals surface area contributed by atoms with Crippen molar-refractivity contribution in [2.24, 2.45) is 0 Å². The van der Waals surface area contributed by atoms with Gasteiger partial charge in [-0.2, -0.15) is 13.2 Å². The van der Waals surface area contributed by atoms with E-state index in [2.05, 4.69) is 14.7 Å². The molecule has 2 aromatic carbocycles. The van der Waals surface area contributed by atoms with Gasteiger partial charge in [0.15, 0.2) is 0 Å². The summed E-state index contributed by atoms with van der Waals surface area (Å²) in [7, 11) is 6.52. The van der Waals surface area contributed by atoms with Crippen LogP contribution < -0.4 is 4.90 Å². The van der Waals surface area contributed by atoms with Crippen LogP contribution in [-0.4, -0.2) is 162 Å². The van der Waals surface area contributed by atoms with Crippen LogP contribution in [0.25, 0.3) is 0 Å². The Kier molecular flexibility index (Phi) is 19.6. The fourth-order valence-electron chi connectivity index (χ4n) is 6.11. The molecule has 0 radical (unpaired) electrons. The van der Waals surface area contributed by atoms with Gasteiger partial charge in [-0.05, 0) is 49.7 Å². The monoisotopic (exact) mass is 773 g/mol. The highest BCUT2D eigenvalue weighted by Gasteiger charge is 2.33. The molecule has 1 fully saturated rings. The zero-order valence-corrected chi connectivity index (χ0v) is 32.5. The average Bonchev–Trinajstić information content (AvgIpc) is 3.16. The van der Waals surface area contributed by atoms with E-state index in [1.807, 2.05) is 24.3 Å². The van der Waals surface area contributed by atoms with Gasteiger partial charge in [0.1, 0.15) is 18.3 Å². The highest BCUT2D eigenvalue weighted by molar-refractivity contribution is 7.99. The molecule has 2 aromatic rings. The quantitative estimate of drug-likeness (QED) is 0.114. The molecule has 11 nitrogen and oxygen atoms in total. The van der Waals surface area contributed by atoms with Gasteiger partial charge in [-0.1, -0.05) is 23.9 Å². The number of para-hydroxylation sites is 1. The van der Waals surface area contributed by atoms with E-state index in [-0.39, 0.29) is 18.3 Å². The predicted molar refractivity (Wildman–Crippen MR) is 199 cm³/mol. The molecule has 2 aliphatic heterocycles. The largest absolute Gasteiger partial charge is 0.416 e. The molecule has 300 valence electrons. The first-order chi connectivity index (χ1) is 25.7. The van der Waals surface area contributed by atoms with Crippen molar-refractivity contribution < 1.29 is 51.1 Å². The summed E-state index contributed by atoms with van der Waals surface area (Å²) in [5.41, 5.74) is 0.990. The number of hydrogen-bond acceptors (Lipinski definition) is 12.